The van der Waals surface area contributed by atoms with E-state index < -0.39 is 17.1 Å². The summed E-state index contributed by atoms with van der Waals surface area (Å²) in [5.74, 6) is -0.158. The van der Waals surface area contributed by atoms with Gasteiger partial charge in [0.25, 0.3) is 0 Å². The highest BCUT2D eigenvalue weighted by Gasteiger charge is 2.56. The van der Waals surface area contributed by atoms with Gasteiger partial charge >= 0.3 is 6.30 Å². The van der Waals surface area contributed by atoms with Gasteiger partial charge in [0.1, 0.15) is 6.54 Å². The highest BCUT2D eigenvalue weighted by molar-refractivity contribution is 5.95. The van der Waals surface area contributed by atoms with E-state index in [1.54, 1.807) is 60.7 Å². The SMILES string of the molecule is Cl.O=C(CCC(F)N1CC[N+](Cc2ccccc2)(C(F)(F)F)CC1)c1ccccc1. The standard InChI is InChI=1S/C22H25F4N2O.ClH/c23-21(12-11-20(29)19-9-5-2-6-10-19)27-13-15-28(16-14-27,22(24,25)26)17-18-7-3-1-4-8-18;/h1-10,21H,11-17H2;1H/q+1;. The van der Waals surface area contributed by atoms with Gasteiger partial charge in [0.2, 0.25) is 0 Å². The largest absolute Gasteiger partial charge is 0.561 e. The van der Waals surface area contributed by atoms with Crippen LogP contribution in [0.2, 0.25) is 0 Å². The number of carbonyl (C=O) groups excluding carboxylic acids is 1. The van der Waals surface area contributed by atoms with Gasteiger partial charge in [-0.15, -0.1) is 25.6 Å². The molecule has 0 amide bonds. The quantitative estimate of drug-likeness (QED) is 0.252. The Bertz CT molecular complexity index is 794. The van der Waals surface area contributed by atoms with E-state index in [1.807, 2.05) is 0 Å². The van der Waals surface area contributed by atoms with Crippen LogP contribution in [0.25, 0.3) is 0 Å². The van der Waals surface area contributed by atoms with Crippen molar-refractivity contribution in [3.05, 3.63) is 71.8 Å². The van der Waals surface area contributed by atoms with Crippen molar-refractivity contribution >= 4 is 18.2 Å². The molecule has 30 heavy (non-hydrogen) atoms. The molecule has 1 atom stereocenters. The third-order valence-electron chi connectivity index (χ3n) is 5.60. The lowest BCUT2D eigenvalue weighted by Crippen LogP contribution is -2.66. The summed E-state index contributed by atoms with van der Waals surface area (Å²) in [7, 11) is 0. The summed E-state index contributed by atoms with van der Waals surface area (Å²) in [5, 5.41) is 0. The fraction of sp³-hybridized carbons (Fsp3) is 0.409. The van der Waals surface area contributed by atoms with E-state index in [9.17, 15) is 22.4 Å². The van der Waals surface area contributed by atoms with Gasteiger partial charge in [-0.05, 0) is 6.42 Å². The van der Waals surface area contributed by atoms with E-state index in [-0.39, 0.29) is 63.8 Å². The van der Waals surface area contributed by atoms with Crippen molar-refractivity contribution in [1.29, 1.82) is 0 Å². The molecule has 2 aromatic carbocycles. The molecule has 1 unspecified atom stereocenters. The molecule has 1 aliphatic rings. The molecule has 1 saturated heterocycles. The highest BCUT2D eigenvalue weighted by atomic mass is 35.5. The summed E-state index contributed by atoms with van der Waals surface area (Å²) in [6.07, 6.45) is -5.81. The number of rotatable bonds is 7. The van der Waals surface area contributed by atoms with Crippen molar-refractivity contribution < 1.29 is 26.8 Å². The molecular weight excluding hydrogens is 420 g/mol. The second-order valence-electron chi connectivity index (χ2n) is 7.50. The molecular formula is C22H26ClF4N2O+. The summed E-state index contributed by atoms with van der Waals surface area (Å²) in [6.45, 7) is -0.543. The van der Waals surface area contributed by atoms with E-state index in [1.165, 1.54) is 4.90 Å². The van der Waals surface area contributed by atoms with Gasteiger partial charge in [0.15, 0.2) is 12.1 Å². The molecule has 164 valence electrons. The minimum absolute atomic E-state index is 0. The van der Waals surface area contributed by atoms with Crippen LogP contribution in [0.4, 0.5) is 17.6 Å². The second-order valence-corrected chi connectivity index (χ2v) is 7.50. The Balaban J connectivity index is 0.00000320. The zero-order valence-corrected chi connectivity index (χ0v) is 17.3. The molecule has 8 heteroatoms. The summed E-state index contributed by atoms with van der Waals surface area (Å²) < 4.78 is 55.2. The fourth-order valence-electron chi connectivity index (χ4n) is 3.78. The van der Waals surface area contributed by atoms with Crippen LogP contribution in [0.15, 0.2) is 60.7 Å². The number of Topliss-reactive ketones (excluding diaryl/α,β-unsaturated/α-hetero) is 1. The molecule has 1 aliphatic heterocycles. The van der Waals surface area contributed by atoms with Gasteiger partial charge in [-0.25, -0.2) is 8.87 Å². The number of hydrogen-bond donors (Lipinski definition) is 0. The number of piperazine rings is 1. The molecule has 0 aliphatic carbocycles. The van der Waals surface area contributed by atoms with E-state index in [0.29, 0.717) is 11.1 Å². The third-order valence-corrected chi connectivity index (χ3v) is 5.60. The molecule has 0 N–H and O–H groups in total. The Hall–Kier alpha value is -1.96. The molecule has 3 rings (SSSR count). The Kier molecular flexibility index (Phi) is 8.41. The first-order valence-corrected chi connectivity index (χ1v) is 9.74. The molecule has 0 aromatic heterocycles. The van der Waals surface area contributed by atoms with Crippen LogP contribution < -0.4 is 0 Å². The summed E-state index contributed by atoms with van der Waals surface area (Å²) in [4.78, 5) is 13.6. The van der Waals surface area contributed by atoms with E-state index in [0.717, 1.165) is 0 Å². The molecule has 0 saturated carbocycles. The molecule has 3 nitrogen and oxygen atoms in total. The maximum atomic E-state index is 14.6. The highest BCUT2D eigenvalue weighted by Crippen LogP contribution is 2.35. The van der Waals surface area contributed by atoms with Gasteiger partial charge in [-0.3, -0.25) is 9.69 Å². The van der Waals surface area contributed by atoms with Gasteiger partial charge in [0, 0.05) is 17.5 Å². The maximum absolute atomic E-state index is 14.6. The Morgan fingerprint density at radius 1 is 0.967 bits per heavy atom. The van der Waals surface area contributed by atoms with Crippen LogP contribution in [0, 0.1) is 0 Å². The monoisotopic (exact) mass is 445 g/mol. The van der Waals surface area contributed by atoms with Crippen molar-refractivity contribution in [1.82, 2.24) is 4.90 Å². The molecule has 1 fully saturated rings. The summed E-state index contributed by atoms with van der Waals surface area (Å²) in [6, 6.07) is 17.2. The zero-order chi connectivity index (χ0) is 20.9. The number of alkyl halides is 4. The van der Waals surface area contributed by atoms with Crippen LogP contribution in [-0.2, 0) is 6.54 Å². The van der Waals surface area contributed by atoms with Crippen LogP contribution in [0.5, 0.6) is 0 Å². The topological polar surface area (TPSA) is 20.3 Å². The van der Waals surface area contributed by atoms with E-state index in [4.69, 9.17) is 0 Å². The lowest BCUT2D eigenvalue weighted by atomic mass is 10.1. The minimum Gasteiger partial charge on any atom is -0.294 e. The minimum atomic E-state index is -4.41. The molecule has 0 bridgehead atoms. The van der Waals surface area contributed by atoms with Crippen molar-refractivity contribution in [2.75, 3.05) is 26.2 Å². The Labute approximate surface area is 180 Å². The smallest absolute Gasteiger partial charge is 0.294 e. The molecule has 0 radical (unpaired) electrons. The zero-order valence-electron chi connectivity index (χ0n) is 16.5. The summed E-state index contributed by atoms with van der Waals surface area (Å²) >= 11 is 0. The number of nitrogens with zero attached hydrogens (tertiary/aromatic N) is 2. The number of carbonyl (C=O) groups is 1. The predicted molar refractivity (Wildman–Crippen MR) is 110 cm³/mol. The predicted octanol–water partition coefficient (Wildman–Crippen LogP) is 5.22. The van der Waals surface area contributed by atoms with Crippen LogP contribution in [0.1, 0.15) is 28.8 Å². The lowest BCUT2D eigenvalue weighted by molar-refractivity contribution is -1.04. The number of halogens is 5. The first-order chi connectivity index (χ1) is 13.8. The van der Waals surface area contributed by atoms with Gasteiger partial charge in [0.05, 0.1) is 26.2 Å². The van der Waals surface area contributed by atoms with Crippen molar-refractivity contribution in [3.8, 4) is 0 Å². The van der Waals surface area contributed by atoms with E-state index >= 15 is 0 Å². The number of hydrogen-bond acceptors (Lipinski definition) is 2. The molecule has 0 spiro atoms. The van der Waals surface area contributed by atoms with Gasteiger partial charge < -0.3 is 0 Å². The van der Waals surface area contributed by atoms with Crippen LogP contribution in [0.3, 0.4) is 0 Å². The Morgan fingerprint density at radius 3 is 2.03 bits per heavy atom. The average Bonchev–Trinajstić information content (AvgIpc) is 2.73. The van der Waals surface area contributed by atoms with Gasteiger partial charge in [-0.2, -0.15) is 0 Å². The van der Waals surface area contributed by atoms with E-state index in [2.05, 4.69) is 0 Å². The summed E-state index contributed by atoms with van der Waals surface area (Å²) in [5.41, 5.74) is 1.14. The van der Waals surface area contributed by atoms with Crippen molar-refractivity contribution in [2.24, 2.45) is 0 Å². The van der Waals surface area contributed by atoms with Gasteiger partial charge in [-0.1, -0.05) is 60.7 Å². The number of benzene rings is 2. The van der Waals surface area contributed by atoms with Crippen LogP contribution in [-0.4, -0.2) is 53.9 Å². The number of ketones is 1. The second kappa shape index (κ2) is 10.4. The lowest BCUT2D eigenvalue weighted by Gasteiger charge is -2.45. The van der Waals surface area contributed by atoms with Crippen LogP contribution >= 0.6 is 12.4 Å². The molecule has 2 aromatic rings. The number of quaternary nitrogens is 1. The first-order valence-electron chi connectivity index (χ1n) is 9.74. The normalized spacial score (nSPS) is 17.7. The third kappa shape index (κ3) is 5.80. The molecule has 1 heterocycles. The first kappa shape index (κ1) is 24.3. The Morgan fingerprint density at radius 2 is 1.50 bits per heavy atom. The van der Waals surface area contributed by atoms with Crippen molar-refractivity contribution in [3.63, 3.8) is 0 Å². The maximum Gasteiger partial charge on any atom is 0.561 e. The average molecular weight is 446 g/mol. The van der Waals surface area contributed by atoms with Crippen molar-refractivity contribution in [2.45, 2.75) is 32.0 Å². The fourth-order valence-corrected chi connectivity index (χ4v) is 3.78.